The zero-order valence-electron chi connectivity index (χ0n) is 4.45. The Morgan fingerprint density at radius 1 is 1.71 bits per heavy atom. The van der Waals surface area contributed by atoms with E-state index in [9.17, 15) is 0 Å². The van der Waals surface area contributed by atoms with Crippen molar-refractivity contribution in [2.45, 2.75) is 6.42 Å². The van der Waals surface area contributed by atoms with E-state index >= 15 is 0 Å². The van der Waals surface area contributed by atoms with Crippen molar-refractivity contribution in [3.8, 4) is 0 Å². The maximum absolute atomic E-state index is 3.17. The molecule has 2 heteroatoms. The first kappa shape index (κ1) is 7.18. The molecule has 0 fully saturated rings. The van der Waals surface area contributed by atoms with Gasteiger partial charge in [-0.2, -0.15) is 0 Å². The molecule has 0 aliphatic heterocycles. The van der Waals surface area contributed by atoms with Crippen molar-refractivity contribution in [2.24, 2.45) is 0 Å². The lowest BCUT2D eigenvalue weighted by molar-refractivity contribution is 0.808. The van der Waals surface area contributed by atoms with Gasteiger partial charge in [0, 0.05) is 0 Å². The Bertz CT molecular complexity index is 52.0. The Morgan fingerprint density at radius 3 is 2.86 bits per heavy atom. The highest BCUT2D eigenvalue weighted by Gasteiger charge is 1.71. The molecule has 42 valence electrons. The van der Waals surface area contributed by atoms with Crippen LogP contribution in [0.4, 0.5) is 0 Å². The summed E-state index contributed by atoms with van der Waals surface area (Å²) in [6.07, 6.45) is 3.16. The van der Waals surface area contributed by atoms with Gasteiger partial charge >= 0.3 is 0 Å². The number of halogens is 1. The summed E-state index contributed by atoms with van der Waals surface area (Å²) < 4.78 is 0. The van der Waals surface area contributed by atoms with Gasteiger partial charge in [-0.3, -0.25) is 0 Å². The molecule has 1 N–H and O–H groups in total. The molecule has 0 aromatic rings. The quantitative estimate of drug-likeness (QED) is 0.623. The van der Waals surface area contributed by atoms with Gasteiger partial charge in [-0.1, -0.05) is 22.0 Å². The van der Waals surface area contributed by atoms with Crippen molar-refractivity contribution in [3.05, 3.63) is 11.1 Å². The van der Waals surface area contributed by atoms with Gasteiger partial charge in [-0.05, 0) is 25.0 Å². The summed E-state index contributed by atoms with van der Waals surface area (Å²) in [5, 5.41) is 3.03. The third-order valence-corrected chi connectivity index (χ3v) is 1.02. The van der Waals surface area contributed by atoms with Gasteiger partial charge in [-0.25, -0.2) is 0 Å². The molecule has 0 aliphatic carbocycles. The minimum atomic E-state index is 1.06. The fourth-order valence-corrected chi connectivity index (χ4v) is 0.555. The average molecular weight is 164 g/mol. The zero-order valence-corrected chi connectivity index (χ0v) is 6.03. The fraction of sp³-hybridized carbons (Fsp3) is 0.600. The van der Waals surface area contributed by atoms with E-state index in [2.05, 4.69) is 27.3 Å². The molecule has 0 aromatic carbocycles. The summed E-state index contributed by atoms with van der Waals surface area (Å²) in [5.74, 6) is 0. The summed E-state index contributed by atoms with van der Waals surface area (Å²) >= 11 is 3.17. The van der Waals surface area contributed by atoms with E-state index in [-0.39, 0.29) is 0 Å². The molecular formula is C5H10BrN. The van der Waals surface area contributed by atoms with Crippen LogP contribution in [0.25, 0.3) is 0 Å². The van der Waals surface area contributed by atoms with Gasteiger partial charge in [0.1, 0.15) is 0 Å². The molecule has 7 heavy (non-hydrogen) atoms. The molecule has 0 heterocycles. The molecule has 0 aliphatic rings. The van der Waals surface area contributed by atoms with E-state index in [0.29, 0.717) is 0 Å². The van der Waals surface area contributed by atoms with Crippen LogP contribution >= 0.6 is 15.9 Å². The van der Waals surface area contributed by atoms with E-state index in [4.69, 9.17) is 0 Å². The van der Waals surface area contributed by atoms with Gasteiger partial charge in [-0.15, -0.1) is 0 Å². The summed E-state index contributed by atoms with van der Waals surface area (Å²) in [5.41, 5.74) is 0. The van der Waals surface area contributed by atoms with Crippen LogP contribution in [0.1, 0.15) is 6.42 Å². The predicted molar refractivity (Wildman–Crippen MR) is 36.6 cm³/mol. The van der Waals surface area contributed by atoms with Crippen molar-refractivity contribution in [2.75, 3.05) is 13.6 Å². The summed E-state index contributed by atoms with van der Waals surface area (Å²) in [6, 6.07) is 0. The van der Waals surface area contributed by atoms with Crippen molar-refractivity contribution >= 4 is 15.9 Å². The van der Waals surface area contributed by atoms with E-state index < -0.39 is 0 Å². The Kier molecular flexibility index (Phi) is 6.34. The first-order valence-electron chi connectivity index (χ1n) is 2.31. The largest absolute Gasteiger partial charge is 0.319 e. The first-order chi connectivity index (χ1) is 3.41. The van der Waals surface area contributed by atoms with Gasteiger partial charge in [0.25, 0.3) is 0 Å². The van der Waals surface area contributed by atoms with Crippen LogP contribution in [-0.2, 0) is 0 Å². The van der Waals surface area contributed by atoms with Crippen LogP contribution in [0.15, 0.2) is 11.1 Å². The van der Waals surface area contributed by atoms with Gasteiger partial charge in [0.15, 0.2) is 0 Å². The van der Waals surface area contributed by atoms with Crippen molar-refractivity contribution in [3.63, 3.8) is 0 Å². The molecule has 0 amide bonds. The monoisotopic (exact) mass is 163 g/mol. The smallest absolute Gasteiger partial charge is 0.00170 e. The molecule has 0 aromatic heterocycles. The van der Waals surface area contributed by atoms with E-state index in [1.807, 2.05) is 12.0 Å². The van der Waals surface area contributed by atoms with Gasteiger partial charge < -0.3 is 5.32 Å². The molecule has 0 radical (unpaired) electrons. The Labute approximate surface area is 52.9 Å². The van der Waals surface area contributed by atoms with Crippen LogP contribution in [0, 0.1) is 0 Å². The summed E-state index contributed by atoms with van der Waals surface area (Å²) in [6.45, 7) is 1.06. The van der Waals surface area contributed by atoms with Crippen LogP contribution in [0.5, 0.6) is 0 Å². The van der Waals surface area contributed by atoms with E-state index in [1.165, 1.54) is 0 Å². The summed E-state index contributed by atoms with van der Waals surface area (Å²) in [4.78, 5) is 1.88. The minimum absolute atomic E-state index is 1.06. The normalized spacial score (nSPS) is 10.6. The van der Waals surface area contributed by atoms with E-state index in [0.717, 1.165) is 13.0 Å². The van der Waals surface area contributed by atoms with E-state index in [1.54, 1.807) is 0 Å². The topological polar surface area (TPSA) is 12.0 Å². The van der Waals surface area contributed by atoms with Crippen molar-refractivity contribution < 1.29 is 0 Å². The molecule has 0 saturated heterocycles. The Morgan fingerprint density at radius 2 is 2.43 bits per heavy atom. The molecule has 1 nitrogen and oxygen atoms in total. The van der Waals surface area contributed by atoms with Gasteiger partial charge in [0.05, 0.1) is 0 Å². The maximum Gasteiger partial charge on any atom is -0.00170 e. The molecular weight excluding hydrogens is 154 g/mol. The third kappa shape index (κ3) is 6.18. The molecule has 0 saturated carbocycles. The zero-order chi connectivity index (χ0) is 5.54. The molecule has 0 rings (SSSR count). The van der Waals surface area contributed by atoms with Crippen LogP contribution in [0.2, 0.25) is 0 Å². The molecule has 0 atom stereocenters. The van der Waals surface area contributed by atoms with Crippen LogP contribution in [-0.4, -0.2) is 13.6 Å². The second-order valence-corrected chi connectivity index (χ2v) is 1.78. The average Bonchev–Trinajstić information content (AvgIpc) is 1.69. The van der Waals surface area contributed by atoms with Crippen LogP contribution < -0.4 is 5.32 Å². The third-order valence-electron chi connectivity index (χ3n) is 0.650. The predicted octanol–water partition coefficient (Wildman–Crippen LogP) is 1.50. The lowest BCUT2D eigenvalue weighted by atomic mass is 10.4. The number of rotatable bonds is 3. The van der Waals surface area contributed by atoms with Crippen molar-refractivity contribution in [1.82, 2.24) is 5.32 Å². The number of hydrogen-bond donors (Lipinski definition) is 1. The number of hydrogen-bond acceptors (Lipinski definition) is 1. The highest BCUT2D eigenvalue weighted by molar-refractivity contribution is 9.11. The SMILES string of the molecule is CNCCC=CBr. The highest BCUT2D eigenvalue weighted by atomic mass is 79.9. The summed E-state index contributed by atoms with van der Waals surface area (Å²) in [7, 11) is 1.95. The highest BCUT2D eigenvalue weighted by Crippen LogP contribution is 1.84. The first-order valence-corrected chi connectivity index (χ1v) is 3.23. The maximum atomic E-state index is 3.17. The molecule has 0 bridgehead atoms. The molecule has 0 unspecified atom stereocenters. The number of nitrogens with one attached hydrogen (secondary N) is 1. The second-order valence-electron chi connectivity index (χ2n) is 1.25. The van der Waals surface area contributed by atoms with Crippen LogP contribution in [0.3, 0.4) is 0 Å². The van der Waals surface area contributed by atoms with Crippen molar-refractivity contribution in [1.29, 1.82) is 0 Å². The minimum Gasteiger partial charge on any atom is -0.319 e. The van der Waals surface area contributed by atoms with Gasteiger partial charge in [0.2, 0.25) is 0 Å². The lowest BCUT2D eigenvalue weighted by Gasteiger charge is -1.87. The Balaban J connectivity index is 2.69. The lowest BCUT2D eigenvalue weighted by Crippen LogP contribution is -2.05. The fourth-order valence-electron chi connectivity index (χ4n) is 0.291. The second kappa shape index (κ2) is 6.18. The standard InChI is InChI=1S/C5H10BrN/c1-7-5-3-2-4-6/h2,4,7H,3,5H2,1H3. The Hall–Kier alpha value is 0.180. The molecule has 0 spiro atoms.